The molecule has 2 fully saturated rings. The van der Waals surface area contributed by atoms with Crippen molar-refractivity contribution in [3.8, 4) is 0 Å². The summed E-state index contributed by atoms with van der Waals surface area (Å²) < 4.78 is 0. The molecular weight excluding hydrogens is 310 g/mol. The molecule has 25 heavy (non-hydrogen) atoms. The van der Waals surface area contributed by atoms with Crippen molar-refractivity contribution in [2.75, 3.05) is 45.8 Å². The minimum atomic E-state index is 0.506. The van der Waals surface area contributed by atoms with Gasteiger partial charge in [0.15, 0.2) is 5.96 Å². The van der Waals surface area contributed by atoms with E-state index < -0.39 is 0 Å². The maximum Gasteiger partial charge on any atom is 0.191 e. The summed E-state index contributed by atoms with van der Waals surface area (Å²) in [6.07, 6.45) is 3.86. The van der Waals surface area contributed by atoms with E-state index in [0.717, 1.165) is 31.5 Å². The fourth-order valence-electron chi connectivity index (χ4n) is 4.04. The van der Waals surface area contributed by atoms with E-state index in [-0.39, 0.29) is 0 Å². The van der Waals surface area contributed by atoms with Gasteiger partial charge in [0.25, 0.3) is 0 Å². The van der Waals surface area contributed by atoms with Gasteiger partial charge in [-0.15, -0.1) is 0 Å². The van der Waals surface area contributed by atoms with E-state index in [2.05, 4.69) is 55.1 Å². The molecule has 2 saturated heterocycles. The first kappa shape index (κ1) is 20.5. The minimum Gasteiger partial charge on any atom is -0.357 e. The first-order valence-electron chi connectivity index (χ1n) is 10.5. The second-order valence-electron chi connectivity index (χ2n) is 8.28. The summed E-state index contributed by atoms with van der Waals surface area (Å²) in [7, 11) is 0. The number of rotatable bonds is 7. The average Bonchev–Trinajstić information content (AvgIpc) is 2.95. The third kappa shape index (κ3) is 6.45. The fraction of sp³-hybridized carbons (Fsp3) is 0.950. The molecule has 2 atom stereocenters. The van der Waals surface area contributed by atoms with Gasteiger partial charge in [-0.3, -0.25) is 9.89 Å². The standard InChI is InChI=1S/C20H41N5/c1-6-10-24-11-8-18(9-12-24)13-22-20(21-7-2)23-19-15-25(16(3)4)14-17(19)5/h16-19H,6-15H2,1-5H3,(H2,21,22,23). The predicted octanol–water partition coefficient (Wildman–Crippen LogP) is 2.39. The lowest BCUT2D eigenvalue weighted by atomic mass is 9.97. The van der Waals surface area contributed by atoms with E-state index in [1.54, 1.807) is 0 Å². The Labute approximate surface area is 155 Å². The lowest BCUT2D eigenvalue weighted by Crippen LogP contribution is -2.47. The molecule has 2 rings (SSSR count). The molecule has 0 aromatic rings. The van der Waals surface area contributed by atoms with Crippen LogP contribution in [-0.2, 0) is 0 Å². The zero-order valence-electron chi connectivity index (χ0n) is 17.2. The Morgan fingerprint density at radius 1 is 1.16 bits per heavy atom. The normalized spacial score (nSPS) is 27.2. The smallest absolute Gasteiger partial charge is 0.191 e. The molecular formula is C20H41N5. The summed E-state index contributed by atoms with van der Waals surface area (Å²) in [6, 6.07) is 1.13. The van der Waals surface area contributed by atoms with Crippen LogP contribution in [-0.4, -0.2) is 73.7 Å². The van der Waals surface area contributed by atoms with Crippen molar-refractivity contribution in [1.29, 1.82) is 0 Å². The molecule has 0 bridgehead atoms. The van der Waals surface area contributed by atoms with Gasteiger partial charge in [-0.25, -0.2) is 0 Å². The number of guanidine groups is 1. The Morgan fingerprint density at radius 2 is 1.88 bits per heavy atom. The number of nitrogens with one attached hydrogen (secondary N) is 2. The number of aliphatic imine (C=N–C) groups is 1. The topological polar surface area (TPSA) is 42.9 Å². The summed E-state index contributed by atoms with van der Waals surface area (Å²) in [5.74, 6) is 2.43. The molecule has 0 amide bonds. The van der Waals surface area contributed by atoms with Gasteiger partial charge in [-0.1, -0.05) is 13.8 Å². The lowest BCUT2D eigenvalue weighted by Gasteiger charge is -2.31. The summed E-state index contributed by atoms with van der Waals surface area (Å²) in [5, 5.41) is 7.16. The van der Waals surface area contributed by atoms with Crippen LogP contribution in [0.2, 0.25) is 0 Å². The van der Waals surface area contributed by atoms with Gasteiger partial charge in [-0.2, -0.15) is 0 Å². The van der Waals surface area contributed by atoms with Gasteiger partial charge in [0.1, 0.15) is 0 Å². The number of hydrogen-bond acceptors (Lipinski definition) is 3. The van der Waals surface area contributed by atoms with Crippen molar-refractivity contribution >= 4 is 5.96 Å². The molecule has 2 aliphatic rings. The highest BCUT2D eigenvalue weighted by molar-refractivity contribution is 5.80. The van der Waals surface area contributed by atoms with Crippen LogP contribution in [0.3, 0.4) is 0 Å². The van der Waals surface area contributed by atoms with Crippen molar-refractivity contribution < 1.29 is 0 Å². The molecule has 2 aliphatic heterocycles. The molecule has 146 valence electrons. The zero-order chi connectivity index (χ0) is 18.2. The molecule has 0 saturated carbocycles. The van der Waals surface area contributed by atoms with Gasteiger partial charge in [0.05, 0.1) is 0 Å². The number of piperidine rings is 1. The van der Waals surface area contributed by atoms with E-state index in [9.17, 15) is 0 Å². The van der Waals surface area contributed by atoms with Crippen LogP contribution in [0.25, 0.3) is 0 Å². The van der Waals surface area contributed by atoms with Crippen molar-refractivity contribution in [2.24, 2.45) is 16.8 Å². The van der Waals surface area contributed by atoms with Crippen molar-refractivity contribution in [1.82, 2.24) is 20.4 Å². The molecule has 0 aliphatic carbocycles. The van der Waals surface area contributed by atoms with E-state index in [1.807, 2.05) is 0 Å². The molecule has 2 heterocycles. The Morgan fingerprint density at radius 3 is 2.44 bits per heavy atom. The SMILES string of the molecule is CCCN1CCC(CN=C(NCC)NC2CN(C(C)C)CC2C)CC1. The van der Waals surface area contributed by atoms with Gasteiger partial charge in [0, 0.05) is 38.3 Å². The highest BCUT2D eigenvalue weighted by atomic mass is 15.3. The van der Waals surface area contributed by atoms with E-state index >= 15 is 0 Å². The molecule has 5 nitrogen and oxygen atoms in total. The quantitative estimate of drug-likeness (QED) is 0.546. The zero-order valence-corrected chi connectivity index (χ0v) is 17.2. The first-order valence-corrected chi connectivity index (χ1v) is 10.5. The second kappa shape index (κ2) is 10.4. The summed E-state index contributed by atoms with van der Waals surface area (Å²) >= 11 is 0. The third-order valence-electron chi connectivity index (χ3n) is 5.79. The van der Waals surface area contributed by atoms with Gasteiger partial charge < -0.3 is 15.5 Å². The van der Waals surface area contributed by atoms with Gasteiger partial charge in [-0.05, 0) is 71.5 Å². The molecule has 0 aromatic heterocycles. The Bertz CT molecular complexity index is 401. The summed E-state index contributed by atoms with van der Waals surface area (Å²) in [6.45, 7) is 19.3. The molecule has 2 N–H and O–H groups in total. The molecule has 0 aromatic carbocycles. The predicted molar refractivity (Wildman–Crippen MR) is 108 cm³/mol. The maximum absolute atomic E-state index is 4.93. The first-order chi connectivity index (χ1) is 12.0. The molecule has 5 heteroatoms. The molecule has 0 radical (unpaired) electrons. The van der Waals surface area contributed by atoms with Crippen LogP contribution in [0.1, 0.15) is 53.9 Å². The largest absolute Gasteiger partial charge is 0.357 e. The number of hydrogen-bond donors (Lipinski definition) is 2. The third-order valence-corrected chi connectivity index (χ3v) is 5.79. The van der Waals surface area contributed by atoms with Crippen LogP contribution in [0, 0.1) is 11.8 Å². The van der Waals surface area contributed by atoms with Crippen molar-refractivity contribution in [2.45, 2.75) is 66.0 Å². The lowest BCUT2D eigenvalue weighted by molar-refractivity contribution is 0.188. The van der Waals surface area contributed by atoms with Crippen molar-refractivity contribution in [3.05, 3.63) is 0 Å². The maximum atomic E-state index is 4.93. The number of nitrogens with zero attached hydrogens (tertiary/aromatic N) is 3. The van der Waals surface area contributed by atoms with Crippen LogP contribution in [0.5, 0.6) is 0 Å². The van der Waals surface area contributed by atoms with Crippen LogP contribution in [0.15, 0.2) is 4.99 Å². The Balaban J connectivity index is 1.82. The average molecular weight is 352 g/mol. The van der Waals surface area contributed by atoms with Crippen LogP contribution < -0.4 is 10.6 Å². The highest BCUT2D eigenvalue weighted by Crippen LogP contribution is 2.19. The monoisotopic (exact) mass is 351 g/mol. The van der Waals surface area contributed by atoms with Gasteiger partial charge in [0.2, 0.25) is 0 Å². The summed E-state index contributed by atoms with van der Waals surface area (Å²) in [4.78, 5) is 10.1. The van der Waals surface area contributed by atoms with Gasteiger partial charge >= 0.3 is 0 Å². The van der Waals surface area contributed by atoms with Crippen LogP contribution in [0.4, 0.5) is 0 Å². The van der Waals surface area contributed by atoms with E-state index in [4.69, 9.17) is 4.99 Å². The minimum absolute atomic E-state index is 0.506. The Kier molecular flexibility index (Phi) is 8.50. The van der Waals surface area contributed by atoms with E-state index in [0.29, 0.717) is 18.0 Å². The highest BCUT2D eigenvalue weighted by Gasteiger charge is 2.31. The number of likely N-dealkylation sites (tertiary alicyclic amines) is 2. The van der Waals surface area contributed by atoms with E-state index in [1.165, 1.54) is 45.4 Å². The van der Waals surface area contributed by atoms with Crippen LogP contribution >= 0.6 is 0 Å². The molecule has 0 spiro atoms. The summed E-state index contributed by atoms with van der Waals surface area (Å²) in [5.41, 5.74) is 0. The second-order valence-corrected chi connectivity index (χ2v) is 8.28. The fourth-order valence-corrected chi connectivity index (χ4v) is 4.04. The van der Waals surface area contributed by atoms with Crippen molar-refractivity contribution in [3.63, 3.8) is 0 Å². The molecule has 2 unspecified atom stereocenters. The Hall–Kier alpha value is -0.810.